The zero-order valence-corrected chi connectivity index (χ0v) is 21.5. The highest BCUT2D eigenvalue weighted by Gasteiger charge is 2.34. The highest BCUT2D eigenvalue weighted by Crippen LogP contribution is 2.24. The molecule has 0 aliphatic heterocycles. The van der Waals surface area contributed by atoms with Gasteiger partial charge in [0.05, 0.1) is 12.8 Å². The van der Waals surface area contributed by atoms with Crippen molar-refractivity contribution in [3.63, 3.8) is 0 Å². The van der Waals surface area contributed by atoms with E-state index in [-0.39, 0.29) is 18.1 Å². The number of hydrogen-bond donors (Lipinski definition) is 1. The number of amides is 2. The maximum atomic E-state index is 14.6. The molecule has 2 rings (SSSR count). The van der Waals surface area contributed by atoms with Crippen LogP contribution in [0.5, 0.6) is 5.75 Å². The Morgan fingerprint density at radius 1 is 1.09 bits per heavy atom. The van der Waals surface area contributed by atoms with Gasteiger partial charge in [-0.1, -0.05) is 31.2 Å². The largest absolute Gasteiger partial charge is 0.497 e. The molecule has 0 aliphatic carbocycles. The van der Waals surface area contributed by atoms with Crippen LogP contribution < -0.4 is 14.4 Å². The van der Waals surface area contributed by atoms with Crippen LogP contribution in [0.3, 0.4) is 0 Å². The molecule has 9 nitrogen and oxygen atoms in total. The van der Waals surface area contributed by atoms with Crippen molar-refractivity contribution in [3.05, 3.63) is 59.9 Å². The Balaban J connectivity index is 2.52. The summed E-state index contributed by atoms with van der Waals surface area (Å²) in [5.74, 6) is -1.23. The van der Waals surface area contributed by atoms with E-state index in [2.05, 4.69) is 5.32 Å². The van der Waals surface area contributed by atoms with Gasteiger partial charge in [-0.3, -0.25) is 9.59 Å². The highest BCUT2D eigenvalue weighted by atomic mass is 32.2. The molecule has 0 radical (unpaired) electrons. The van der Waals surface area contributed by atoms with E-state index in [1.54, 1.807) is 38.1 Å². The fraction of sp³-hybridized carbons (Fsp3) is 0.417. The van der Waals surface area contributed by atoms with Crippen molar-refractivity contribution in [2.75, 3.05) is 38.6 Å². The topological polar surface area (TPSA) is 99.3 Å². The van der Waals surface area contributed by atoms with Crippen LogP contribution in [-0.4, -0.2) is 69.8 Å². The molecule has 2 aromatic rings. The molecule has 1 unspecified atom stereocenters. The van der Waals surface area contributed by atoms with Crippen LogP contribution >= 0.6 is 0 Å². The molecule has 0 saturated heterocycles. The fourth-order valence-electron chi connectivity index (χ4n) is 3.53. The van der Waals surface area contributed by atoms with Crippen LogP contribution in [-0.2, 0) is 26.3 Å². The summed E-state index contributed by atoms with van der Waals surface area (Å²) in [4.78, 5) is 27.8. The van der Waals surface area contributed by atoms with Gasteiger partial charge in [0.1, 0.15) is 24.2 Å². The summed E-state index contributed by atoms with van der Waals surface area (Å²) in [5, 5.41) is 2.73. The molecule has 0 aromatic heterocycles. The summed E-state index contributed by atoms with van der Waals surface area (Å²) in [5.41, 5.74) is 0.426. The van der Waals surface area contributed by atoms with Gasteiger partial charge in [-0.2, -0.15) is 12.7 Å². The second kappa shape index (κ2) is 12.5. The van der Waals surface area contributed by atoms with Crippen molar-refractivity contribution in [2.24, 2.45) is 0 Å². The SMILES string of the molecule is CCNC(=O)C(CC)N(Cc1cccc(OC)c1)C(=O)CN(c1ccccc1F)S(=O)(=O)N(C)C. The molecule has 1 N–H and O–H groups in total. The van der Waals surface area contributed by atoms with Gasteiger partial charge in [0.25, 0.3) is 0 Å². The molecule has 11 heteroatoms. The average Bonchev–Trinajstić information content (AvgIpc) is 2.83. The molecule has 0 aliphatic rings. The van der Waals surface area contributed by atoms with E-state index in [1.807, 2.05) is 0 Å². The van der Waals surface area contributed by atoms with Crippen molar-refractivity contribution in [2.45, 2.75) is 32.9 Å². The zero-order valence-electron chi connectivity index (χ0n) is 20.7. The summed E-state index contributed by atoms with van der Waals surface area (Å²) >= 11 is 0. The number of benzene rings is 2. The first-order chi connectivity index (χ1) is 16.6. The summed E-state index contributed by atoms with van der Waals surface area (Å²) in [6, 6.07) is 11.5. The number of hydrogen-bond acceptors (Lipinski definition) is 5. The molecule has 0 fully saturated rings. The molecular formula is C24H33FN4O5S. The van der Waals surface area contributed by atoms with Gasteiger partial charge in [-0.05, 0) is 43.2 Å². The number of anilines is 1. The smallest absolute Gasteiger partial charge is 0.304 e. The zero-order chi connectivity index (χ0) is 26.2. The van der Waals surface area contributed by atoms with Crippen molar-refractivity contribution in [1.82, 2.24) is 14.5 Å². The van der Waals surface area contributed by atoms with Crippen molar-refractivity contribution < 1.29 is 27.1 Å². The maximum Gasteiger partial charge on any atom is 0.304 e. The number of rotatable bonds is 12. The number of para-hydroxylation sites is 1. The monoisotopic (exact) mass is 508 g/mol. The lowest BCUT2D eigenvalue weighted by Gasteiger charge is -2.34. The predicted molar refractivity (Wildman–Crippen MR) is 133 cm³/mol. The number of ether oxygens (including phenoxy) is 1. The van der Waals surface area contributed by atoms with Crippen molar-refractivity contribution in [3.8, 4) is 5.75 Å². The number of methoxy groups -OCH3 is 1. The molecular weight excluding hydrogens is 475 g/mol. The average molecular weight is 509 g/mol. The molecule has 0 spiro atoms. The Morgan fingerprint density at radius 3 is 2.34 bits per heavy atom. The van der Waals surface area contributed by atoms with Gasteiger partial charge >= 0.3 is 10.2 Å². The lowest BCUT2D eigenvalue weighted by atomic mass is 10.1. The lowest BCUT2D eigenvalue weighted by molar-refractivity contribution is -0.140. The van der Waals surface area contributed by atoms with Gasteiger partial charge in [0, 0.05) is 27.2 Å². The van der Waals surface area contributed by atoms with Crippen molar-refractivity contribution in [1.29, 1.82) is 0 Å². The maximum absolute atomic E-state index is 14.6. The van der Waals surface area contributed by atoms with E-state index < -0.39 is 34.5 Å². The van der Waals surface area contributed by atoms with E-state index in [9.17, 15) is 22.4 Å². The number of halogens is 1. The minimum atomic E-state index is -4.23. The standard InChI is InChI=1S/C24H33FN4O5S/c1-6-21(24(31)26-7-2)28(16-18-11-10-12-19(15-18)34-5)23(30)17-29(35(32,33)27(3)4)22-14-9-8-13-20(22)25/h8-15,21H,6-7,16-17H2,1-5H3,(H,26,31). The van der Waals surface area contributed by atoms with E-state index >= 15 is 0 Å². The third-order valence-corrected chi connectivity index (χ3v) is 7.17. The third kappa shape index (κ3) is 6.92. The molecule has 0 saturated carbocycles. The minimum absolute atomic E-state index is 0.0266. The Morgan fingerprint density at radius 2 is 1.77 bits per heavy atom. The van der Waals surface area contributed by atoms with Gasteiger partial charge in [-0.25, -0.2) is 8.70 Å². The normalized spacial score (nSPS) is 12.2. The first-order valence-corrected chi connectivity index (χ1v) is 12.6. The van der Waals surface area contributed by atoms with Crippen LogP contribution in [0.4, 0.5) is 10.1 Å². The number of likely N-dealkylation sites (N-methyl/N-ethyl adjacent to an activating group) is 1. The van der Waals surface area contributed by atoms with Gasteiger partial charge in [-0.15, -0.1) is 0 Å². The van der Waals surface area contributed by atoms with Crippen LogP contribution in [0.15, 0.2) is 48.5 Å². The minimum Gasteiger partial charge on any atom is -0.497 e. The summed E-state index contributed by atoms with van der Waals surface area (Å²) in [6.07, 6.45) is 0.293. The number of carbonyl (C=O) groups excluding carboxylic acids is 2. The van der Waals surface area contributed by atoms with E-state index in [1.165, 1.54) is 44.3 Å². The summed E-state index contributed by atoms with van der Waals surface area (Å²) in [6.45, 7) is 3.23. The second-order valence-corrected chi connectivity index (χ2v) is 10.0. The van der Waals surface area contributed by atoms with Crippen LogP contribution in [0.2, 0.25) is 0 Å². The van der Waals surface area contributed by atoms with E-state index in [0.29, 0.717) is 28.6 Å². The van der Waals surface area contributed by atoms with Crippen LogP contribution in [0.25, 0.3) is 0 Å². The van der Waals surface area contributed by atoms with E-state index in [4.69, 9.17) is 4.74 Å². The first-order valence-electron chi connectivity index (χ1n) is 11.2. The molecule has 1 atom stereocenters. The Kier molecular flexibility index (Phi) is 10.0. The predicted octanol–water partition coefficient (Wildman–Crippen LogP) is 2.39. The molecule has 35 heavy (non-hydrogen) atoms. The lowest BCUT2D eigenvalue weighted by Crippen LogP contribution is -2.53. The Hall–Kier alpha value is -3.18. The first kappa shape index (κ1) is 28.1. The molecule has 2 amide bonds. The van der Waals surface area contributed by atoms with Crippen LogP contribution in [0.1, 0.15) is 25.8 Å². The van der Waals surface area contributed by atoms with Crippen LogP contribution in [0, 0.1) is 5.82 Å². The molecule has 0 bridgehead atoms. The van der Waals surface area contributed by atoms with Crippen molar-refractivity contribution >= 4 is 27.7 Å². The van der Waals surface area contributed by atoms with Gasteiger partial charge in [0.15, 0.2) is 0 Å². The van der Waals surface area contributed by atoms with Gasteiger partial charge < -0.3 is 15.0 Å². The summed E-state index contributed by atoms with van der Waals surface area (Å²) < 4.78 is 47.7. The number of carbonyl (C=O) groups is 2. The van der Waals surface area contributed by atoms with Gasteiger partial charge in [0.2, 0.25) is 11.8 Å². The second-order valence-electron chi connectivity index (χ2n) is 7.94. The highest BCUT2D eigenvalue weighted by molar-refractivity contribution is 7.90. The molecule has 192 valence electrons. The van der Waals surface area contributed by atoms with E-state index in [0.717, 1.165) is 10.4 Å². The third-order valence-electron chi connectivity index (χ3n) is 5.36. The molecule has 0 heterocycles. The Labute approximate surface area is 206 Å². The Bertz CT molecular complexity index is 1130. The summed E-state index contributed by atoms with van der Waals surface area (Å²) in [7, 11) is -0.119. The molecule has 2 aromatic carbocycles. The quantitative estimate of drug-likeness (QED) is 0.475. The number of nitrogens with zero attached hydrogens (tertiary/aromatic N) is 3. The fourth-order valence-corrected chi connectivity index (χ4v) is 4.60. The number of nitrogens with one attached hydrogen (secondary N) is 1.